The van der Waals surface area contributed by atoms with Gasteiger partial charge in [-0.25, -0.2) is 9.59 Å². The molecule has 0 saturated heterocycles. The third kappa shape index (κ3) is 8.53. The summed E-state index contributed by atoms with van der Waals surface area (Å²) in [4.78, 5) is 22.9. The third-order valence-electron chi connectivity index (χ3n) is 3.57. The molecule has 0 heterocycles. The Hall–Kier alpha value is -1.94. The van der Waals surface area contributed by atoms with Crippen LogP contribution in [0.5, 0.6) is 0 Å². The molecule has 0 N–H and O–H groups in total. The standard InChI is InChI=1S/C18H26F6O5/c1-7-13(25)27-10-12(8-11(2)3)9-16(17(19,20)21,18(22,23)24)29-14(26)28-15(4,5)6/h7,11-12H,1,8-10H2,2-6H3. The summed E-state index contributed by atoms with van der Waals surface area (Å²) in [5.74, 6) is -2.75. The van der Waals surface area contributed by atoms with Crippen molar-refractivity contribution in [3.63, 3.8) is 0 Å². The van der Waals surface area contributed by atoms with Crippen LogP contribution in [0.1, 0.15) is 47.5 Å². The Morgan fingerprint density at radius 2 is 1.45 bits per heavy atom. The fraction of sp³-hybridized carbons (Fsp3) is 0.778. The topological polar surface area (TPSA) is 61.8 Å². The Kier molecular flexibility index (Phi) is 9.06. The average molecular weight is 436 g/mol. The fourth-order valence-electron chi connectivity index (χ4n) is 2.51. The van der Waals surface area contributed by atoms with E-state index in [0.29, 0.717) is 0 Å². The van der Waals surface area contributed by atoms with Crippen LogP contribution in [0.3, 0.4) is 0 Å². The summed E-state index contributed by atoms with van der Waals surface area (Å²) in [6.45, 7) is 9.27. The second-order valence-electron chi connectivity index (χ2n) is 7.92. The molecule has 11 heteroatoms. The second-order valence-corrected chi connectivity index (χ2v) is 7.92. The molecule has 0 aromatic heterocycles. The van der Waals surface area contributed by atoms with Crippen molar-refractivity contribution in [2.75, 3.05) is 6.61 Å². The maximum Gasteiger partial charge on any atom is 0.510 e. The molecule has 0 aliphatic carbocycles. The quantitative estimate of drug-likeness (QED) is 0.282. The molecule has 0 bridgehead atoms. The Morgan fingerprint density at radius 3 is 1.79 bits per heavy atom. The van der Waals surface area contributed by atoms with Gasteiger partial charge in [0.05, 0.1) is 6.61 Å². The Labute approximate surface area is 165 Å². The van der Waals surface area contributed by atoms with E-state index in [9.17, 15) is 35.9 Å². The molecule has 1 atom stereocenters. The van der Waals surface area contributed by atoms with Gasteiger partial charge in [-0.2, -0.15) is 26.3 Å². The molecule has 0 rings (SSSR count). The van der Waals surface area contributed by atoms with Crippen LogP contribution in [0, 0.1) is 11.8 Å². The van der Waals surface area contributed by atoms with E-state index in [4.69, 9.17) is 0 Å². The van der Waals surface area contributed by atoms with Gasteiger partial charge >= 0.3 is 30.1 Å². The van der Waals surface area contributed by atoms with E-state index in [1.165, 1.54) is 20.8 Å². The largest absolute Gasteiger partial charge is 0.510 e. The van der Waals surface area contributed by atoms with Crippen molar-refractivity contribution in [2.45, 2.75) is 71.0 Å². The minimum Gasteiger partial charge on any atom is -0.462 e. The van der Waals surface area contributed by atoms with Crippen molar-refractivity contribution in [1.29, 1.82) is 0 Å². The SMILES string of the molecule is C=CC(=O)OCC(CC(C)C)CC(OC(=O)OC(C)(C)C)(C(F)(F)F)C(F)(F)F. The zero-order valence-electron chi connectivity index (χ0n) is 16.9. The lowest BCUT2D eigenvalue weighted by Gasteiger charge is -2.39. The van der Waals surface area contributed by atoms with Crippen molar-refractivity contribution < 1.29 is 50.1 Å². The van der Waals surface area contributed by atoms with Crippen LogP contribution in [0.2, 0.25) is 0 Å². The Balaban J connectivity index is 6.05. The molecule has 0 aliphatic rings. The number of carbonyl (C=O) groups is 2. The maximum atomic E-state index is 13.7. The number of rotatable bonds is 8. The molecule has 0 aliphatic heterocycles. The molecule has 0 amide bonds. The molecule has 0 fully saturated rings. The van der Waals surface area contributed by atoms with Gasteiger partial charge in [0.1, 0.15) is 5.60 Å². The summed E-state index contributed by atoms with van der Waals surface area (Å²) < 4.78 is 95.0. The summed E-state index contributed by atoms with van der Waals surface area (Å²) in [5.41, 5.74) is -6.21. The molecule has 1 unspecified atom stereocenters. The van der Waals surface area contributed by atoms with Gasteiger partial charge < -0.3 is 14.2 Å². The summed E-state index contributed by atoms with van der Waals surface area (Å²) in [5, 5.41) is 0. The minimum atomic E-state index is -6.00. The van der Waals surface area contributed by atoms with Crippen molar-refractivity contribution >= 4 is 12.1 Å². The number of halogens is 6. The first kappa shape index (κ1) is 27.1. The molecular formula is C18H26F6O5. The van der Waals surface area contributed by atoms with E-state index in [1.54, 1.807) is 13.8 Å². The van der Waals surface area contributed by atoms with Crippen molar-refractivity contribution in [2.24, 2.45) is 11.8 Å². The molecule has 29 heavy (non-hydrogen) atoms. The summed E-state index contributed by atoms with van der Waals surface area (Å²) >= 11 is 0. The molecule has 0 spiro atoms. The lowest BCUT2D eigenvalue weighted by molar-refractivity contribution is -0.374. The second kappa shape index (κ2) is 9.71. The molecule has 0 aromatic rings. The number of hydrogen-bond acceptors (Lipinski definition) is 5. The number of alkyl halides is 6. The summed E-state index contributed by atoms with van der Waals surface area (Å²) in [6, 6.07) is 0. The first-order chi connectivity index (χ1) is 12.8. The van der Waals surface area contributed by atoms with Gasteiger partial charge in [0.15, 0.2) is 0 Å². The maximum absolute atomic E-state index is 13.7. The van der Waals surface area contributed by atoms with Gasteiger partial charge in [0.2, 0.25) is 0 Å². The van der Waals surface area contributed by atoms with Crippen molar-refractivity contribution in [1.82, 2.24) is 0 Å². The van der Waals surface area contributed by atoms with Crippen LogP contribution in [0.15, 0.2) is 12.7 Å². The van der Waals surface area contributed by atoms with Crippen LogP contribution in [0.25, 0.3) is 0 Å². The van der Waals surface area contributed by atoms with E-state index < -0.39 is 54.6 Å². The van der Waals surface area contributed by atoms with Crippen LogP contribution in [-0.2, 0) is 19.0 Å². The highest BCUT2D eigenvalue weighted by atomic mass is 19.4. The lowest BCUT2D eigenvalue weighted by Crippen LogP contribution is -2.61. The zero-order valence-corrected chi connectivity index (χ0v) is 16.9. The van der Waals surface area contributed by atoms with E-state index >= 15 is 0 Å². The molecule has 170 valence electrons. The molecule has 0 saturated carbocycles. The van der Waals surface area contributed by atoms with Crippen LogP contribution in [0.4, 0.5) is 31.1 Å². The number of carbonyl (C=O) groups excluding carboxylic acids is 2. The molecular weight excluding hydrogens is 410 g/mol. The van der Waals surface area contributed by atoms with Crippen molar-refractivity contribution in [3.05, 3.63) is 12.7 Å². The Bertz CT molecular complexity index is 561. The van der Waals surface area contributed by atoms with Gasteiger partial charge in [-0.1, -0.05) is 20.4 Å². The molecule has 0 radical (unpaired) electrons. The molecule has 5 nitrogen and oxygen atoms in total. The van der Waals surface area contributed by atoms with E-state index in [0.717, 1.165) is 6.08 Å². The van der Waals surface area contributed by atoms with Crippen LogP contribution < -0.4 is 0 Å². The zero-order chi connectivity index (χ0) is 23.3. The first-order valence-electron chi connectivity index (χ1n) is 8.69. The molecule has 0 aromatic carbocycles. The van der Waals surface area contributed by atoms with Gasteiger partial charge in [-0.3, -0.25) is 0 Å². The van der Waals surface area contributed by atoms with E-state index in [2.05, 4.69) is 20.8 Å². The monoisotopic (exact) mass is 436 g/mol. The predicted molar refractivity (Wildman–Crippen MR) is 90.9 cm³/mol. The van der Waals surface area contributed by atoms with Crippen LogP contribution >= 0.6 is 0 Å². The highest BCUT2D eigenvalue weighted by Crippen LogP contribution is 2.50. The summed E-state index contributed by atoms with van der Waals surface area (Å²) in [7, 11) is 0. The van der Waals surface area contributed by atoms with E-state index in [-0.39, 0.29) is 12.3 Å². The smallest absolute Gasteiger partial charge is 0.462 e. The number of esters is 1. The number of ether oxygens (including phenoxy) is 3. The van der Waals surface area contributed by atoms with Gasteiger partial charge in [0, 0.05) is 12.5 Å². The summed E-state index contributed by atoms with van der Waals surface area (Å²) in [6.07, 6.45) is -15.2. The normalized spacial score (nSPS) is 14.3. The minimum absolute atomic E-state index is 0.157. The van der Waals surface area contributed by atoms with Gasteiger partial charge in [-0.15, -0.1) is 0 Å². The third-order valence-corrected chi connectivity index (χ3v) is 3.57. The van der Waals surface area contributed by atoms with E-state index in [1.807, 2.05) is 0 Å². The van der Waals surface area contributed by atoms with Crippen LogP contribution in [-0.4, -0.2) is 42.3 Å². The van der Waals surface area contributed by atoms with Crippen molar-refractivity contribution in [3.8, 4) is 0 Å². The van der Waals surface area contributed by atoms with Gasteiger partial charge in [0.25, 0.3) is 0 Å². The fourth-order valence-corrected chi connectivity index (χ4v) is 2.51. The predicted octanol–water partition coefficient (Wildman–Crippen LogP) is 5.58. The number of hydrogen-bond donors (Lipinski definition) is 0. The highest BCUT2D eigenvalue weighted by Gasteiger charge is 2.74. The lowest BCUT2D eigenvalue weighted by atomic mass is 9.84. The Morgan fingerprint density at radius 1 is 0.966 bits per heavy atom. The first-order valence-corrected chi connectivity index (χ1v) is 8.69. The highest BCUT2D eigenvalue weighted by molar-refractivity contribution is 5.81. The van der Waals surface area contributed by atoms with Gasteiger partial charge in [-0.05, 0) is 39.0 Å². The average Bonchev–Trinajstić information content (AvgIpc) is 2.46.